The van der Waals surface area contributed by atoms with E-state index in [0.717, 1.165) is 31.7 Å². The van der Waals surface area contributed by atoms with Crippen LogP contribution >= 0.6 is 0 Å². The number of hydrogen-bond donors (Lipinski definition) is 1. The molecule has 0 bridgehead atoms. The van der Waals surface area contributed by atoms with Crippen LogP contribution in [0.5, 0.6) is 5.75 Å². The van der Waals surface area contributed by atoms with Crippen LogP contribution in [0.1, 0.15) is 49.9 Å². The molecule has 1 atom stereocenters. The maximum Gasteiger partial charge on any atom is 0.124 e. The van der Waals surface area contributed by atoms with E-state index in [1.165, 1.54) is 16.7 Å². The zero-order chi connectivity index (χ0) is 17.4. The average Bonchev–Trinajstić information content (AvgIpc) is 2.56. The lowest BCUT2D eigenvalue weighted by atomic mass is 10.0. The lowest BCUT2D eigenvalue weighted by Crippen LogP contribution is -2.22. The Balaban J connectivity index is 1.89. The summed E-state index contributed by atoms with van der Waals surface area (Å²) in [6.45, 7) is 10.6. The molecule has 0 fully saturated rings. The van der Waals surface area contributed by atoms with Crippen molar-refractivity contribution in [2.45, 2.75) is 46.6 Å². The number of rotatable bonds is 9. The molecule has 0 saturated carbocycles. The number of nitrogens with one attached hydrogen (secondary N) is 1. The van der Waals surface area contributed by atoms with Crippen molar-refractivity contribution in [2.75, 3.05) is 13.2 Å². The van der Waals surface area contributed by atoms with Crippen LogP contribution in [0.4, 0.5) is 0 Å². The Kier molecular flexibility index (Phi) is 7.33. The summed E-state index contributed by atoms with van der Waals surface area (Å²) in [6, 6.07) is 17.3. The first-order valence-electron chi connectivity index (χ1n) is 9.07. The lowest BCUT2D eigenvalue weighted by Gasteiger charge is -2.19. The highest BCUT2D eigenvalue weighted by Gasteiger charge is 2.11. The molecular weight excluding hydrogens is 294 g/mol. The van der Waals surface area contributed by atoms with E-state index in [2.05, 4.69) is 75.5 Å². The predicted octanol–water partition coefficient (Wildman–Crippen LogP) is 5.31. The summed E-state index contributed by atoms with van der Waals surface area (Å²) in [6.07, 6.45) is 2.14. The normalized spacial score (nSPS) is 12.4. The molecule has 0 amide bonds. The van der Waals surface area contributed by atoms with E-state index in [1.54, 1.807) is 0 Å². The van der Waals surface area contributed by atoms with Gasteiger partial charge in [0.25, 0.3) is 0 Å². The summed E-state index contributed by atoms with van der Waals surface area (Å²) in [5.74, 6) is 1.68. The van der Waals surface area contributed by atoms with Gasteiger partial charge in [0.05, 0.1) is 6.61 Å². The SMILES string of the molecule is Cc1ccccc1CCNC(C)c1ccccc1OCCC(C)C. The van der Waals surface area contributed by atoms with Crippen LogP contribution in [0.3, 0.4) is 0 Å². The van der Waals surface area contributed by atoms with Crippen molar-refractivity contribution in [3.8, 4) is 5.75 Å². The van der Waals surface area contributed by atoms with Gasteiger partial charge in [-0.2, -0.15) is 0 Å². The van der Waals surface area contributed by atoms with Gasteiger partial charge in [-0.25, -0.2) is 0 Å². The quantitative estimate of drug-likeness (QED) is 0.674. The predicted molar refractivity (Wildman–Crippen MR) is 103 cm³/mol. The molecule has 0 heterocycles. The van der Waals surface area contributed by atoms with Crippen molar-refractivity contribution < 1.29 is 4.74 Å². The second-order valence-electron chi connectivity index (χ2n) is 6.92. The molecule has 0 saturated heterocycles. The topological polar surface area (TPSA) is 21.3 Å². The smallest absolute Gasteiger partial charge is 0.124 e. The van der Waals surface area contributed by atoms with Crippen LogP contribution in [0.15, 0.2) is 48.5 Å². The summed E-state index contributed by atoms with van der Waals surface area (Å²) >= 11 is 0. The summed E-state index contributed by atoms with van der Waals surface area (Å²) in [7, 11) is 0. The Morgan fingerprint density at radius 1 is 0.958 bits per heavy atom. The van der Waals surface area contributed by atoms with Gasteiger partial charge in [0.2, 0.25) is 0 Å². The van der Waals surface area contributed by atoms with Gasteiger partial charge in [0.15, 0.2) is 0 Å². The molecule has 1 unspecified atom stereocenters. The molecule has 0 aliphatic rings. The van der Waals surface area contributed by atoms with E-state index >= 15 is 0 Å². The Labute approximate surface area is 147 Å². The number of benzene rings is 2. The molecule has 2 nitrogen and oxygen atoms in total. The molecule has 0 aliphatic carbocycles. The van der Waals surface area contributed by atoms with Gasteiger partial charge in [-0.1, -0.05) is 56.3 Å². The molecule has 2 aromatic carbocycles. The van der Waals surface area contributed by atoms with Gasteiger partial charge in [0, 0.05) is 11.6 Å². The molecule has 0 aliphatic heterocycles. The number of ether oxygens (including phenoxy) is 1. The van der Waals surface area contributed by atoms with Crippen molar-refractivity contribution >= 4 is 0 Å². The van der Waals surface area contributed by atoms with Crippen LogP contribution in [0.2, 0.25) is 0 Å². The van der Waals surface area contributed by atoms with Gasteiger partial charge in [-0.05, 0) is 56.3 Å². The first-order chi connectivity index (χ1) is 11.6. The van der Waals surface area contributed by atoms with E-state index in [4.69, 9.17) is 4.74 Å². The fraction of sp³-hybridized carbons (Fsp3) is 0.455. The highest BCUT2D eigenvalue weighted by molar-refractivity contribution is 5.35. The molecule has 130 valence electrons. The van der Waals surface area contributed by atoms with E-state index in [9.17, 15) is 0 Å². The van der Waals surface area contributed by atoms with E-state index in [-0.39, 0.29) is 6.04 Å². The molecule has 2 aromatic rings. The highest BCUT2D eigenvalue weighted by atomic mass is 16.5. The summed E-state index contributed by atoms with van der Waals surface area (Å²) in [4.78, 5) is 0. The maximum absolute atomic E-state index is 6.01. The van der Waals surface area contributed by atoms with Crippen LogP contribution in [-0.4, -0.2) is 13.2 Å². The van der Waals surface area contributed by atoms with Gasteiger partial charge in [0.1, 0.15) is 5.75 Å². The highest BCUT2D eigenvalue weighted by Crippen LogP contribution is 2.25. The molecule has 2 rings (SSSR count). The molecule has 24 heavy (non-hydrogen) atoms. The van der Waals surface area contributed by atoms with Crippen LogP contribution in [-0.2, 0) is 6.42 Å². The van der Waals surface area contributed by atoms with Gasteiger partial charge < -0.3 is 10.1 Å². The summed E-state index contributed by atoms with van der Waals surface area (Å²) in [5, 5.41) is 3.63. The van der Waals surface area contributed by atoms with Crippen LogP contribution in [0.25, 0.3) is 0 Å². The Bertz CT molecular complexity index is 621. The fourth-order valence-electron chi connectivity index (χ4n) is 2.80. The second kappa shape index (κ2) is 9.48. The average molecular weight is 325 g/mol. The van der Waals surface area contributed by atoms with E-state index in [1.807, 2.05) is 6.07 Å². The molecule has 2 heteroatoms. The van der Waals surface area contributed by atoms with E-state index in [0.29, 0.717) is 5.92 Å². The maximum atomic E-state index is 6.01. The minimum atomic E-state index is 0.282. The minimum Gasteiger partial charge on any atom is -0.493 e. The molecular formula is C22H31NO. The van der Waals surface area contributed by atoms with Crippen molar-refractivity contribution in [3.05, 3.63) is 65.2 Å². The van der Waals surface area contributed by atoms with Crippen LogP contribution < -0.4 is 10.1 Å². The van der Waals surface area contributed by atoms with Gasteiger partial charge in [-0.15, -0.1) is 0 Å². The largest absolute Gasteiger partial charge is 0.493 e. The summed E-state index contributed by atoms with van der Waals surface area (Å²) < 4.78 is 6.01. The van der Waals surface area contributed by atoms with Gasteiger partial charge in [-0.3, -0.25) is 0 Å². The van der Waals surface area contributed by atoms with Crippen molar-refractivity contribution in [2.24, 2.45) is 5.92 Å². The first kappa shape index (κ1) is 18.5. The third kappa shape index (κ3) is 5.68. The van der Waals surface area contributed by atoms with Crippen molar-refractivity contribution in [1.29, 1.82) is 0 Å². The Hall–Kier alpha value is -1.80. The third-order valence-electron chi connectivity index (χ3n) is 4.44. The van der Waals surface area contributed by atoms with Gasteiger partial charge >= 0.3 is 0 Å². The monoisotopic (exact) mass is 325 g/mol. The Morgan fingerprint density at radius 3 is 2.42 bits per heavy atom. The fourth-order valence-corrected chi connectivity index (χ4v) is 2.80. The first-order valence-corrected chi connectivity index (χ1v) is 9.07. The van der Waals surface area contributed by atoms with Crippen molar-refractivity contribution in [3.63, 3.8) is 0 Å². The molecule has 0 aromatic heterocycles. The molecule has 0 spiro atoms. The number of para-hydroxylation sites is 1. The molecule has 1 N–H and O–H groups in total. The number of hydrogen-bond acceptors (Lipinski definition) is 2. The molecule has 0 radical (unpaired) electrons. The summed E-state index contributed by atoms with van der Waals surface area (Å²) in [5.41, 5.74) is 4.02. The number of aryl methyl sites for hydroxylation is 1. The van der Waals surface area contributed by atoms with Crippen molar-refractivity contribution in [1.82, 2.24) is 5.32 Å². The van der Waals surface area contributed by atoms with Crippen LogP contribution in [0, 0.1) is 12.8 Å². The third-order valence-corrected chi connectivity index (χ3v) is 4.44. The van der Waals surface area contributed by atoms with E-state index < -0.39 is 0 Å². The zero-order valence-corrected chi connectivity index (χ0v) is 15.5. The lowest BCUT2D eigenvalue weighted by molar-refractivity contribution is 0.284. The minimum absolute atomic E-state index is 0.282. The zero-order valence-electron chi connectivity index (χ0n) is 15.5. The standard InChI is InChI=1S/C22H31NO/c1-17(2)14-16-24-22-12-8-7-11-21(22)19(4)23-15-13-20-10-6-5-9-18(20)3/h5-12,17,19,23H,13-16H2,1-4H3. The Morgan fingerprint density at radius 2 is 1.67 bits per heavy atom. The second-order valence-corrected chi connectivity index (χ2v) is 6.92.